The third kappa shape index (κ3) is 1.70. The number of imidazole rings is 1. The van der Waals surface area contributed by atoms with Crippen LogP contribution in [0, 0.1) is 0 Å². The summed E-state index contributed by atoms with van der Waals surface area (Å²) in [6, 6.07) is 16.4. The van der Waals surface area contributed by atoms with E-state index >= 15 is 0 Å². The molecule has 0 aliphatic rings. The summed E-state index contributed by atoms with van der Waals surface area (Å²) in [5.41, 5.74) is 5.21. The summed E-state index contributed by atoms with van der Waals surface area (Å²) in [6.07, 6.45) is 3.55. The number of H-pyrrole nitrogens is 2. The average Bonchev–Trinajstić information content (AvgIpc) is 3.16. The Labute approximate surface area is 115 Å². The Morgan fingerprint density at radius 1 is 0.900 bits per heavy atom. The van der Waals surface area contributed by atoms with Gasteiger partial charge in [-0.1, -0.05) is 42.5 Å². The van der Waals surface area contributed by atoms with E-state index in [0.29, 0.717) is 0 Å². The Kier molecular flexibility index (Phi) is 2.39. The third-order valence-electron chi connectivity index (χ3n) is 3.42. The highest BCUT2D eigenvalue weighted by Gasteiger charge is 2.10. The van der Waals surface area contributed by atoms with Crippen molar-refractivity contribution in [1.82, 2.24) is 20.2 Å². The van der Waals surface area contributed by atoms with Gasteiger partial charge in [-0.2, -0.15) is 5.10 Å². The van der Waals surface area contributed by atoms with Crippen molar-refractivity contribution in [2.24, 2.45) is 0 Å². The Hall–Kier alpha value is -2.88. The zero-order valence-electron chi connectivity index (χ0n) is 10.7. The van der Waals surface area contributed by atoms with Crippen molar-refractivity contribution in [3.63, 3.8) is 0 Å². The lowest BCUT2D eigenvalue weighted by atomic mass is 10.0. The zero-order valence-corrected chi connectivity index (χ0v) is 10.7. The van der Waals surface area contributed by atoms with Gasteiger partial charge < -0.3 is 4.98 Å². The van der Waals surface area contributed by atoms with Gasteiger partial charge in [0.25, 0.3) is 0 Å². The van der Waals surface area contributed by atoms with Crippen LogP contribution in [0.5, 0.6) is 0 Å². The van der Waals surface area contributed by atoms with Gasteiger partial charge in [-0.15, -0.1) is 0 Å². The normalized spacial score (nSPS) is 11.0. The van der Waals surface area contributed by atoms with Crippen LogP contribution in [0.1, 0.15) is 0 Å². The molecule has 4 heteroatoms. The van der Waals surface area contributed by atoms with Gasteiger partial charge in [0.15, 0.2) is 0 Å². The van der Waals surface area contributed by atoms with Crippen LogP contribution in [0.25, 0.3) is 33.4 Å². The summed E-state index contributed by atoms with van der Waals surface area (Å²) in [5, 5.41) is 8.16. The molecule has 0 saturated heterocycles. The van der Waals surface area contributed by atoms with Crippen LogP contribution in [-0.4, -0.2) is 20.2 Å². The lowest BCUT2D eigenvalue weighted by Gasteiger charge is -2.03. The molecule has 0 spiro atoms. The number of fused-ring (bicyclic) bond motifs is 1. The standard InChI is InChI=1S/C16H12N4/c1-2-4-11(5-3-1)15-16(18-10-17-15)12-6-7-13-9-19-20-14(13)8-12/h1-10H,(H,17,18)(H,19,20). The van der Waals surface area contributed by atoms with Crippen molar-refractivity contribution in [3.8, 4) is 22.5 Å². The third-order valence-corrected chi connectivity index (χ3v) is 3.42. The molecule has 0 aliphatic heterocycles. The molecule has 0 saturated carbocycles. The number of hydrogen-bond acceptors (Lipinski definition) is 2. The number of nitrogens with zero attached hydrogens (tertiary/aromatic N) is 2. The lowest BCUT2D eigenvalue weighted by molar-refractivity contribution is 1.12. The number of nitrogens with one attached hydrogen (secondary N) is 2. The van der Waals surface area contributed by atoms with E-state index < -0.39 is 0 Å². The quantitative estimate of drug-likeness (QED) is 0.578. The molecular formula is C16H12N4. The summed E-state index contributed by atoms with van der Waals surface area (Å²) in [4.78, 5) is 7.68. The fourth-order valence-electron chi connectivity index (χ4n) is 2.42. The predicted octanol–water partition coefficient (Wildman–Crippen LogP) is 3.62. The van der Waals surface area contributed by atoms with Gasteiger partial charge in [-0.3, -0.25) is 5.10 Å². The molecule has 0 unspecified atom stereocenters. The maximum Gasteiger partial charge on any atom is 0.0961 e. The second kappa shape index (κ2) is 4.35. The number of rotatable bonds is 2. The van der Waals surface area contributed by atoms with Gasteiger partial charge >= 0.3 is 0 Å². The second-order valence-electron chi connectivity index (χ2n) is 4.66. The molecule has 0 aliphatic carbocycles. The molecule has 4 nitrogen and oxygen atoms in total. The monoisotopic (exact) mass is 260 g/mol. The second-order valence-corrected chi connectivity index (χ2v) is 4.66. The highest BCUT2D eigenvalue weighted by molar-refractivity contribution is 5.86. The molecule has 0 fully saturated rings. The molecule has 2 N–H and O–H groups in total. The molecule has 96 valence electrons. The van der Waals surface area contributed by atoms with Gasteiger partial charge in [0.2, 0.25) is 0 Å². The van der Waals surface area contributed by atoms with E-state index in [-0.39, 0.29) is 0 Å². The van der Waals surface area contributed by atoms with Gasteiger partial charge in [-0.25, -0.2) is 4.98 Å². The zero-order chi connectivity index (χ0) is 13.4. The number of aromatic nitrogens is 4. The number of benzene rings is 2. The van der Waals surface area contributed by atoms with E-state index in [1.807, 2.05) is 24.4 Å². The molecular weight excluding hydrogens is 248 g/mol. The molecule has 0 amide bonds. The smallest absolute Gasteiger partial charge is 0.0961 e. The van der Waals surface area contributed by atoms with E-state index in [1.54, 1.807) is 6.33 Å². The highest BCUT2D eigenvalue weighted by Crippen LogP contribution is 2.30. The SMILES string of the molecule is c1ccc(-c2nc[nH]c2-c2ccc3cn[nH]c3c2)cc1. The van der Waals surface area contributed by atoms with Gasteiger partial charge in [0, 0.05) is 16.5 Å². The van der Waals surface area contributed by atoms with E-state index in [4.69, 9.17) is 0 Å². The van der Waals surface area contributed by atoms with Crippen LogP contribution in [0.2, 0.25) is 0 Å². The van der Waals surface area contributed by atoms with Gasteiger partial charge in [-0.05, 0) is 6.07 Å². The Bertz CT molecular complexity index is 858. The Morgan fingerprint density at radius 2 is 1.80 bits per heavy atom. The van der Waals surface area contributed by atoms with Crippen LogP contribution in [0.15, 0.2) is 61.1 Å². The topological polar surface area (TPSA) is 57.4 Å². The minimum atomic E-state index is 0.962. The first-order chi connectivity index (χ1) is 9.92. The van der Waals surface area contributed by atoms with Crippen molar-refractivity contribution in [2.75, 3.05) is 0 Å². The summed E-state index contributed by atoms with van der Waals surface area (Å²) in [7, 11) is 0. The first-order valence-corrected chi connectivity index (χ1v) is 6.44. The molecule has 2 aromatic carbocycles. The van der Waals surface area contributed by atoms with Gasteiger partial charge in [0.05, 0.1) is 29.4 Å². The van der Waals surface area contributed by atoms with Crippen molar-refractivity contribution in [3.05, 3.63) is 61.1 Å². The van der Waals surface area contributed by atoms with E-state index in [9.17, 15) is 0 Å². The summed E-state index contributed by atoms with van der Waals surface area (Å²) in [6.45, 7) is 0. The fraction of sp³-hybridized carbons (Fsp3) is 0. The number of hydrogen-bond donors (Lipinski definition) is 2. The fourth-order valence-corrected chi connectivity index (χ4v) is 2.42. The maximum atomic E-state index is 4.45. The highest BCUT2D eigenvalue weighted by atomic mass is 15.1. The Morgan fingerprint density at radius 3 is 2.70 bits per heavy atom. The van der Waals surface area contributed by atoms with Gasteiger partial charge in [0.1, 0.15) is 0 Å². The summed E-state index contributed by atoms with van der Waals surface area (Å²) in [5.74, 6) is 0. The molecule has 0 atom stereocenters. The lowest BCUT2D eigenvalue weighted by Crippen LogP contribution is -1.84. The van der Waals surface area contributed by atoms with Crippen LogP contribution >= 0.6 is 0 Å². The van der Waals surface area contributed by atoms with Crippen molar-refractivity contribution in [1.29, 1.82) is 0 Å². The van der Waals surface area contributed by atoms with Crippen molar-refractivity contribution >= 4 is 10.9 Å². The van der Waals surface area contributed by atoms with Crippen molar-refractivity contribution in [2.45, 2.75) is 0 Å². The number of aromatic amines is 2. The first-order valence-electron chi connectivity index (χ1n) is 6.44. The largest absolute Gasteiger partial charge is 0.344 e. The first kappa shape index (κ1) is 11.0. The van der Waals surface area contributed by atoms with Crippen molar-refractivity contribution < 1.29 is 0 Å². The van der Waals surface area contributed by atoms with Crippen LogP contribution in [-0.2, 0) is 0 Å². The Balaban J connectivity index is 1.88. The summed E-state index contributed by atoms with van der Waals surface area (Å²) >= 11 is 0. The average molecular weight is 260 g/mol. The van der Waals surface area contributed by atoms with E-state index in [2.05, 4.69) is 50.5 Å². The predicted molar refractivity (Wildman–Crippen MR) is 79.1 cm³/mol. The molecule has 0 radical (unpaired) electrons. The molecule has 4 rings (SSSR count). The van der Waals surface area contributed by atoms with Crippen LogP contribution in [0.3, 0.4) is 0 Å². The maximum absolute atomic E-state index is 4.45. The van der Waals surface area contributed by atoms with E-state index in [0.717, 1.165) is 33.4 Å². The molecule has 2 heterocycles. The summed E-state index contributed by atoms with van der Waals surface area (Å²) < 4.78 is 0. The van der Waals surface area contributed by atoms with E-state index in [1.165, 1.54) is 0 Å². The molecule has 0 bridgehead atoms. The molecule has 20 heavy (non-hydrogen) atoms. The minimum absolute atomic E-state index is 0.962. The van der Waals surface area contributed by atoms with Crippen LogP contribution in [0.4, 0.5) is 0 Å². The van der Waals surface area contributed by atoms with Crippen LogP contribution < -0.4 is 0 Å². The molecule has 2 aromatic heterocycles. The molecule has 4 aromatic rings. The minimum Gasteiger partial charge on any atom is -0.344 e.